The van der Waals surface area contributed by atoms with Crippen LogP contribution in [0.2, 0.25) is 0 Å². The molecule has 1 atom stereocenters. The van der Waals surface area contributed by atoms with E-state index in [1.165, 1.54) is 16.7 Å². The van der Waals surface area contributed by atoms with Crippen LogP contribution in [0, 0.1) is 7.14 Å². The zero-order chi connectivity index (χ0) is 17.3. The smallest absolute Gasteiger partial charge is 0.160 e. The number of nitrogens with one attached hydrogen (secondary N) is 1. The molecule has 1 unspecified atom stereocenters. The topological polar surface area (TPSA) is 50.7 Å². The third-order valence-corrected chi connectivity index (χ3v) is 5.91. The number of benzene rings is 2. The van der Waals surface area contributed by atoms with Crippen molar-refractivity contribution < 1.29 is 14.6 Å². The van der Waals surface area contributed by atoms with Gasteiger partial charge in [0.1, 0.15) is 5.75 Å². The van der Waals surface area contributed by atoms with Crippen LogP contribution in [0.3, 0.4) is 0 Å². The van der Waals surface area contributed by atoms with Crippen LogP contribution in [0.1, 0.15) is 22.7 Å². The van der Waals surface area contributed by atoms with E-state index in [-0.39, 0.29) is 11.8 Å². The van der Waals surface area contributed by atoms with Gasteiger partial charge < -0.3 is 19.9 Å². The second kappa shape index (κ2) is 7.65. The molecule has 1 aliphatic rings. The molecule has 6 heteroatoms. The number of methoxy groups -OCH3 is 2. The maximum absolute atomic E-state index is 10.0. The molecule has 0 aliphatic carbocycles. The fourth-order valence-corrected chi connectivity index (χ4v) is 5.50. The average molecular weight is 551 g/mol. The first kappa shape index (κ1) is 18.1. The number of hydrogen-bond acceptors (Lipinski definition) is 4. The van der Waals surface area contributed by atoms with Gasteiger partial charge >= 0.3 is 0 Å². The lowest BCUT2D eigenvalue weighted by atomic mass is 9.90. The molecule has 2 aromatic rings. The predicted octanol–water partition coefficient (Wildman–Crippen LogP) is 4.05. The molecule has 24 heavy (non-hydrogen) atoms. The summed E-state index contributed by atoms with van der Waals surface area (Å²) in [5.74, 6) is 1.68. The van der Waals surface area contributed by atoms with E-state index < -0.39 is 0 Å². The highest BCUT2D eigenvalue weighted by molar-refractivity contribution is 14.1. The van der Waals surface area contributed by atoms with Gasteiger partial charge in [0.05, 0.1) is 21.4 Å². The molecule has 0 amide bonds. The van der Waals surface area contributed by atoms with Gasteiger partial charge in [-0.25, -0.2) is 0 Å². The standard InChI is InChI=1S/C18H19I2NO3/c1-23-17-9-12-11(8-16(17)22)3-4-21-15(12)7-10-5-13(19)18(24-2)14(20)6-10/h5-6,8-9,15,21-22H,3-4,7H2,1-2H3. The molecule has 1 heterocycles. The molecule has 0 radical (unpaired) electrons. The van der Waals surface area contributed by atoms with Crippen molar-refractivity contribution in [1.29, 1.82) is 0 Å². The summed E-state index contributed by atoms with van der Waals surface area (Å²) in [5.41, 5.74) is 3.66. The van der Waals surface area contributed by atoms with Crippen molar-refractivity contribution in [1.82, 2.24) is 5.32 Å². The largest absolute Gasteiger partial charge is 0.504 e. The van der Waals surface area contributed by atoms with Crippen LogP contribution < -0.4 is 14.8 Å². The summed E-state index contributed by atoms with van der Waals surface area (Å²) in [6, 6.07) is 8.36. The fourth-order valence-electron chi connectivity index (χ4n) is 3.17. The number of halogens is 2. The lowest BCUT2D eigenvalue weighted by molar-refractivity contribution is 0.370. The Bertz CT molecular complexity index is 741. The van der Waals surface area contributed by atoms with Crippen LogP contribution in [0.25, 0.3) is 0 Å². The van der Waals surface area contributed by atoms with Gasteiger partial charge in [-0.05, 0) is 106 Å². The molecule has 3 rings (SSSR count). The first-order chi connectivity index (χ1) is 11.5. The molecule has 0 saturated heterocycles. The lowest BCUT2D eigenvalue weighted by Gasteiger charge is -2.28. The molecule has 2 N–H and O–H groups in total. The second-order valence-corrected chi connectivity index (χ2v) is 8.10. The van der Waals surface area contributed by atoms with E-state index in [4.69, 9.17) is 9.47 Å². The highest BCUT2D eigenvalue weighted by Crippen LogP contribution is 2.36. The minimum Gasteiger partial charge on any atom is -0.504 e. The van der Waals surface area contributed by atoms with Gasteiger partial charge in [0, 0.05) is 6.04 Å². The van der Waals surface area contributed by atoms with E-state index in [1.807, 2.05) is 12.1 Å². The van der Waals surface area contributed by atoms with Gasteiger partial charge in [0.25, 0.3) is 0 Å². The van der Waals surface area contributed by atoms with E-state index >= 15 is 0 Å². The molecule has 2 aromatic carbocycles. The zero-order valence-corrected chi connectivity index (χ0v) is 17.8. The highest BCUT2D eigenvalue weighted by atomic mass is 127. The number of aromatic hydroxyl groups is 1. The normalized spacial score (nSPS) is 16.6. The third kappa shape index (κ3) is 3.60. The summed E-state index contributed by atoms with van der Waals surface area (Å²) in [5, 5.41) is 13.6. The van der Waals surface area contributed by atoms with E-state index in [0.29, 0.717) is 5.75 Å². The summed E-state index contributed by atoms with van der Waals surface area (Å²) in [4.78, 5) is 0. The van der Waals surface area contributed by atoms with Gasteiger partial charge in [-0.1, -0.05) is 0 Å². The molecule has 0 spiro atoms. The van der Waals surface area contributed by atoms with Gasteiger partial charge in [0.15, 0.2) is 11.5 Å². The van der Waals surface area contributed by atoms with Crippen molar-refractivity contribution in [3.05, 3.63) is 48.1 Å². The molecule has 4 nitrogen and oxygen atoms in total. The molecule has 128 valence electrons. The van der Waals surface area contributed by atoms with E-state index in [9.17, 15) is 5.11 Å². The maximum Gasteiger partial charge on any atom is 0.160 e. The van der Waals surface area contributed by atoms with Gasteiger partial charge in [0.2, 0.25) is 0 Å². The summed E-state index contributed by atoms with van der Waals surface area (Å²) in [6.07, 6.45) is 1.80. The van der Waals surface area contributed by atoms with Gasteiger partial charge in [-0.3, -0.25) is 0 Å². The molecule has 0 bridgehead atoms. The zero-order valence-electron chi connectivity index (χ0n) is 13.5. The minimum atomic E-state index is 0.211. The third-order valence-electron chi connectivity index (χ3n) is 4.30. The molecule has 1 aliphatic heterocycles. The average Bonchev–Trinajstić information content (AvgIpc) is 2.54. The molecular formula is C18H19I2NO3. The predicted molar refractivity (Wildman–Crippen MR) is 111 cm³/mol. The van der Waals surface area contributed by atoms with Crippen LogP contribution in [-0.4, -0.2) is 25.9 Å². The number of ether oxygens (including phenoxy) is 2. The number of rotatable bonds is 4. The Labute approximate surface area is 169 Å². The number of phenols is 1. The quantitative estimate of drug-likeness (QED) is 0.564. The molecule has 0 fully saturated rings. The van der Waals surface area contributed by atoms with Gasteiger partial charge in [-0.2, -0.15) is 0 Å². The van der Waals surface area contributed by atoms with Gasteiger partial charge in [-0.15, -0.1) is 0 Å². The Morgan fingerprint density at radius 1 is 1.12 bits per heavy atom. The Kier molecular flexibility index (Phi) is 5.76. The lowest BCUT2D eigenvalue weighted by Crippen LogP contribution is -2.31. The van der Waals surface area contributed by atoms with Crippen LogP contribution in [0.4, 0.5) is 0 Å². The Morgan fingerprint density at radius 2 is 1.83 bits per heavy atom. The van der Waals surface area contributed by atoms with Crippen LogP contribution in [-0.2, 0) is 12.8 Å². The minimum absolute atomic E-state index is 0.211. The van der Waals surface area contributed by atoms with Crippen molar-refractivity contribution >= 4 is 45.2 Å². The summed E-state index contributed by atoms with van der Waals surface area (Å²) >= 11 is 4.64. The molecular weight excluding hydrogens is 532 g/mol. The van der Waals surface area contributed by atoms with Crippen molar-refractivity contribution in [2.24, 2.45) is 0 Å². The first-order valence-electron chi connectivity index (χ1n) is 7.68. The van der Waals surface area contributed by atoms with Crippen molar-refractivity contribution in [3.8, 4) is 17.2 Å². The number of fused-ring (bicyclic) bond motifs is 1. The number of hydrogen-bond donors (Lipinski definition) is 2. The van der Waals surface area contributed by atoms with Crippen molar-refractivity contribution in [2.75, 3.05) is 20.8 Å². The molecule has 0 saturated carbocycles. The van der Waals surface area contributed by atoms with Crippen LogP contribution >= 0.6 is 45.2 Å². The fraction of sp³-hybridized carbons (Fsp3) is 0.333. The number of phenolic OH excluding ortho intramolecular Hbond substituents is 1. The van der Waals surface area contributed by atoms with Crippen molar-refractivity contribution in [3.63, 3.8) is 0 Å². The Morgan fingerprint density at radius 3 is 2.46 bits per heavy atom. The van der Waals surface area contributed by atoms with Crippen LogP contribution in [0.5, 0.6) is 17.2 Å². The SMILES string of the molecule is COc1cc2c(cc1O)CCNC2Cc1cc(I)c(OC)c(I)c1. The highest BCUT2D eigenvalue weighted by Gasteiger charge is 2.23. The van der Waals surface area contributed by atoms with E-state index in [0.717, 1.165) is 32.3 Å². The van der Waals surface area contributed by atoms with E-state index in [1.54, 1.807) is 14.2 Å². The second-order valence-electron chi connectivity index (χ2n) is 5.78. The summed E-state index contributed by atoms with van der Waals surface area (Å²) < 4.78 is 13.0. The maximum atomic E-state index is 10.0. The van der Waals surface area contributed by atoms with E-state index in [2.05, 4.69) is 62.6 Å². The Balaban J connectivity index is 1.93. The summed E-state index contributed by atoms with van der Waals surface area (Å²) in [6.45, 7) is 0.910. The first-order valence-corrected chi connectivity index (χ1v) is 9.84. The van der Waals surface area contributed by atoms with Crippen LogP contribution in [0.15, 0.2) is 24.3 Å². The molecule has 0 aromatic heterocycles. The summed E-state index contributed by atoms with van der Waals surface area (Å²) in [7, 11) is 3.29. The monoisotopic (exact) mass is 551 g/mol. The van der Waals surface area contributed by atoms with Crippen molar-refractivity contribution in [2.45, 2.75) is 18.9 Å². The Hall–Kier alpha value is -0.740.